The predicted molar refractivity (Wildman–Crippen MR) is 80.3 cm³/mol. The zero-order valence-electron chi connectivity index (χ0n) is 11.4. The number of amides is 2. The van der Waals surface area contributed by atoms with Gasteiger partial charge in [0.25, 0.3) is 5.91 Å². The van der Waals surface area contributed by atoms with Gasteiger partial charge in [-0.3, -0.25) is 9.59 Å². The molecule has 0 atom stereocenters. The van der Waals surface area contributed by atoms with Crippen LogP contribution in [0.3, 0.4) is 0 Å². The van der Waals surface area contributed by atoms with Crippen LogP contribution in [0.4, 0.5) is 5.69 Å². The van der Waals surface area contributed by atoms with E-state index in [1.54, 1.807) is 6.07 Å². The number of benzene rings is 1. The van der Waals surface area contributed by atoms with E-state index in [0.29, 0.717) is 5.69 Å². The minimum absolute atomic E-state index is 0.0399. The number of anilines is 1. The molecule has 1 fully saturated rings. The molecule has 114 valence electrons. The highest BCUT2D eigenvalue weighted by atomic mass is 35.5. The standard InChI is InChI=1S/C13H15ClN2O4S/c1-9(17)15-10-2-3-12(14)11(8-10)13(18)16-4-6-21(19,20)7-5-16/h2-3,8H,4-7H2,1H3,(H,15,17). The van der Waals surface area contributed by atoms with Crippen LogP contribution < -0.4 is 5.32 Å². The van der Waals surface area contributed by atoms with Gasteiger partial charge in [0.1, 0.15) is 0 Å². The van der Waals surface area contributed by atoms with Crippen molar-refractivity contribution in [2.75, 3.05) is 29.9 Å². The van der Waals surface area contributed by atoms with Gasteiger partial charge >= 0.3 is 0 Å². The molecule has 0 radical (unpaired) electrons. The number of sulfone groups is 1. The summed E-state index contributed by atoms with van der Waals surface area (Å²) in [6, 6.07) is 4.62. The minimum atomic E-state index is -3.05. The van der Waals surface area contributed by atoms with E-state index in [1.807, 2.05) is 0 Å². The minimum Gasteiger partial charge on any atom is -0.337 e. The van der Waals surface area contributed by atoms with Crippen molar-refractivity contribution in [1.82, 2.24) is 4.90 Å². The van der Waals surface area contributed by atoms with Gasteiger partial charge in [0, 0.05) is 25.7 Å². The summed E-state index contributed by atoms with van der Waals surface area (Å²) in [6.45, 7) is 1.68. The Morgan fingerprint density at radius 1 is 1.24 bits per heavy atom. The molecule has 1 heterocycles. The maximum atomic E-state index is 12.4. The number of carbonyl (C=O) groups excluding carboxylic acids is 2. The molecule has 1 saturated heterocycles. The molecule has 1 N–H and O–H groups in total. The summed E-state index contributed by atoms with van der Waals surface area (Å²) in [4.78, 5) is 24.9. The summed E-state index contributed by atoms with van der Waals surface area (Å²) < 4.78 is 22.8. The van der Waals surface area contributed by atoms with Crippen molar-refractivity contribution in [1.29, 1.82) is 0 Å². The Kier molecular flexibility index (Phi) is 4.53. The normalized spacial score (nSPS) is 17.3. The van der Waals surface area contributed by atoms with Gasteiger partial charge in [-0.2, -0.15) is 0 Å². The van der Waals surface area contributed by atoms with Gasteiger partial charge in [-0.25, -0.2) is 8.42 Å². The van der Waals surface area contributed by atoms with Gasteiger partial charge in [-0.1, -0.05) is 11.6 Å². The summed E-state index contributed by atoms with van der Waals surface area (Å²) >= 11 is 6.02. The zero-order chi connectivity index (χ0) is 15.6. The van der Waals surface area contributed by atoms with E-state index in [1.165, 1.54) is 24.0 Å². The molecule has 0 aliphatic carbocycles. The monoisotopic (exact) mass is 330 g/mol. The van der Waals surface area contributed by atoms with Gasteiger partial charge in [0.2, 0.25) is 5.91 Å². The molecule has 2 rings (SSSR count). The van der Waals surface area contributed by atoms with Crippen LogP contribution in [-0.2, 0) is 14.6 Å². The maximum absolute atomic E-state index is 12.4. The van der Waals surface area contributed by atoms with E-state index in [2.05, 4.69) is 5.32 Å². The van der Waals surface area contributed by atoms with Crippen LogP contribution in [0.25, 0.3) is 0 Å². The third-order valence-electron chi connectivity index (χ3n) is 3.15. The fourth-order valence-electron chi connectivity index (χ4n) is 2.06. The second-order valence-corrected chi connectivity index (χ2v) is 7.53. The molecule has 1 aromatic rings. The van der Waals surface area contributed by atoms with Crippen LogP contribution in [-0.4, -0.2) is 49.7 Å². The van der Waals surface area contributed by atoms with E-state index < -0.39 is 9.84 Å². The molecule has 0 bridgehead atoms. The first-order valence-corrected chi connectivity index (χ1v) is 8.55. The SMILES string of the molecule is CC(=O)Nc1ccc(Cl)c(C(=O)N2CCS(=O)(=O)CC2)c1. The van der Waals surface area contributed by atoms with E-state index in [4.69, 9.17) is 11.6 Å². The van der Waals surface area contributed by atoms with Gasteiger partial charge in [-0.05, 0) is 18.2 Å². The summed E-state index contributed by atoms with van der Waals surface area (Å²) in [6.07, 6.45) is 0. The lowest BCUT2D eigenvalue weighted by Gasteiger charge is -2.27. The highest BCUT2D eigenvalue weighted by Gasteiger charge is 2.26. The average Bonchev–Trinajstić information content (AvgIpc) is 2.39. The van der Waals surface area contributed by atoms with E-state index in [0.717, 1.165) is 0 Å². The first-order chi connectivity index (χ1) is 9.78. The molecule has 1 aliphatic rings. The van der Waals surface area contributed by atoms with Gasteiger partial charge in [0.15, 0.2) is 9.84 Å². The number of hydrogen-bond donors (Lipinski definition) is 1. The van der Waals surface area contributed by atoms with Crippen molar-refractivity contribution in [3.63, 3.8) is 0 Å². The highest BCUT2D eigenvalue weighted by molar-refractivity contribution is 7.91. The lowest BCUT2D eigenvalue weighted by molar-refractivity contribution is -0.114. The lowest BCUT2D eigenvalue weighted by Crippen LogP contribution is -2.43. The maximum Gasteiger partial charge on any atom is 0.255 e. The third-order valence-corrected chi connectivity index (χ3v) is 5.09. The second-order valence-electron chi connectivity index (χ2n) is 4.82. The molecular weight excluding hydrogens is 316 g/mol. The van der Waals surface area contributed by atoms with Gasteiger partial charge in [-0.15, -0.1) is 0 Å². The number of carbonyl (C=O) groups is 2. The molecule has 8 heteroatoms. The Hall–Kier alpha value is -1.60. The molecule has 1 aromatic carbocycles. The van der Waals surface area contributed by atoms with E-state index in [9.17, 15) is 18.0 Å². The molecule has 0 unspecified atom stereocenters. The molecule has 21 heavy (non-hydrogen) atoms. The first-order valence-electron chi connectivity index (χ1n) is 6.35. The van der Waals surface area contributed by atoms with Crippen LogP contribution in [0, 0.1) is 0 Å². The predicted octanol–water partition coefficient (Wildman–Crippen LogP) is 1.17. The summed E-state index contributed by atoms with van der Waals surface area (Å²) in [7, 11) is -3.05. The topological polar surface area (TPSA) is 83.6 Å². The Labute approximate surface area is 128 Å². The van der Waals surface area contributed by atoms with Crippen LogP contribution in [0.2, 0.25) is 5.02 Å². The third kappa shape index (κ3) is 3.95. The first kappa shape index (κ1) is 15.8. The van der Waals surface area contributed by atoms with Gasteiger partial charge in [0.05, 0.1) is 22.1 Å². The number of rotatable bonds is 2. The van der Waals surface area contributed by atoms with Crippen molar-refractivity contribution in [2.24, 2.45) is 0 Å². The Balaban J connectivity index is 2.20. The average molecular weight is 331 g/mol. The fourth-order valence-corrected chi connectivity index (χ4v) is 3.46. The number of nitrogens with zero attached hydrogens (tertiary/aromatic N) is 1. The molecule has 6 nitrogen and oxygen atoms in total. The highest BCUT2D eigenvalue weighted by Crippen LogP contribution is 2.23. The fraction of sp³-hybridized carbons (Fsp3) is 0.385. The van der Waals surface area contributed by atoms with E-state index >= 15 is 0 Å². The smallest absolute Gasteiger partial charge is 0.255 e. The number of halogens is 1. The summed E-state index contributed by atoms with van der Waals surface area (Å²) in [5.41, 5.74) is 0.724. The summed E-state index contributed by atoms with van der Waals surface area (Å²) in [5, 5.41) is 2.85. The van der Waals surface area contributed by atoms with Crippen molar-refractivity contribution in [3.8, 4) is 0 Å². The Morgan fingerprint density at radius 2 is 1.86 bits per heavy atom. The molecule has 2 amide bonds. The molecular formula is C13H15ClN2O4S. The van der Waals surface area contributed by atoms with Crippen LogP contribution in [0.1, 0.15) is 17.3 Å². The molecule has 0 aromatic heterocycles. The second kappa shape index (κ2) is 6.03. The quantitative estimate of drug-likeness (QED) is 0.882. The molecule has 0 spiro atoms. The van der Waals surface area contributed by atoms with Crippen molar-refractivity contribution < 1.29 is 18.0 Å². The van der Waals surface area contributed by atoms with Crippen LogP contribution in [0.5, 0.6) is 0 Å². The number of hydrogen-bond acceptors (Lipinski definition) is 4. The summed E-state index contributed by atoms with van der Waals surface area (Å²) in [5.74, 6) is -0.661. The molecule has 1 aliphatic heterocycles. The zero-order valence-corrected chi connectivity index (χ0v) is 13.0. The Bertz CT molecular complexity index is 673. The van der Waals surface area contributed by atoms with Crippen molar-refractivity contribution >= 4 is 38.9 Å². The largest absolute Gasteiger partial charge is 0.337 e. The van der Waals surface area contributed by atoms with Crippen LogP contribution in [0.15, 0.2) is 18.2 Å². The van der Waals surface area contributed by atoms with Crippen molar-refractivity contribution in [3.05, 3.63) is 28.8 Å². The van der Waals surface area contributed by atoms with Crippen molar-refractivity contribution in [2.45, 2.75) is 6.92 Å². The van der Waals surface area contributed by atoms with E-state index in [-0.39, 0.29) is 47.0 Å². The lowest BCUT2D eigenvalue weighted by atomic mass is 10.1. The molecule has 0 saturated carbocycles. The van der Waals surface area contributed by atoms with Crippen LogP contribution >= 0.6 is 11.6 Å². The number of nitrogens with one attached hydrogen (secondary N) is 1. The van der Waals surface area contributed by atoms with Gasteiger partial charge < -0.3 is 10.2 Å². The Morgan fingerprint density at radius 3 is 2.43 bits per heavy atom.